The number of carbonyl (C=O) groups is 2. The zero-order valence-electron chi connectivity index (χ0n) is 20.2. The molecule has 0 aliphatic carbocycles. The van der Waals surface area contributed by atoms with Crippen LogP contribution in [0.3, 0.4) is 0 Å². The van der Waals surface area contributed by atoms with E-state index in [4.69, 9.17) is 4.98 Å². The molecule has 1 atom stereocenters. The summed E-state index contributed by atoms with van der Waals surface area (Å²) >= 11 is 1.58. The third-order valence-corrected chi connectivity index (χ3v) is 7.37. The van der Waals surface area contributed by atoms with Gasteiger partial charge in [0.2, 0.25) is 5.91 Å². The fourth-order valence-electron chi connectivity index (χ4n) is 4.69. The SMILES string of the molecule is Cc1nc2cc(NC(=O)C(C)C)cc(C(=O)N3CCCC3c3nccs3)c2n1Cc1ccccc1. The van der Waals surface area contributed by atoms with E-state index in [1.54, 1.807) is 17.5 Å². The number of thiazole rings is 1. The predicted octanol–water partition coefficient (Wildman–Crippen LogP) is 5.42. The topological polar surface area (TPSA) is 80.1 Å². The first kappa shape index (κ1) is 23.2. The standard InChI is InChI=1S/C27H29N5O2S/c1-17(2)25(33)30-20-14-21(27(34)31-12-7-10-23(31)26-28-11-13-35-26)24-22(15-20)29-18(3)32(24)16-19-8-5-4-6-9-19/h4-6,8-9,11,13-15,17,23H,7,10,12,16H2,1-3H3,(H,30,33). The Hall–Kier alpha value is -3.52. The Balaban J connectivity index is 1.62. The first-order valence-electron chi connectivity index (χ1n) is 12.0. The third kappa shape index (κ3) is 4.58. The minimum Gasteiger partial charge on any atom is -0.329 e. The molecule has 1 saturated heterocycles. The number of likely N-dealkylation sites (tertiary alicyclic amines) is 1. The summed E-state index contributed by atoms with van der Waals surface area (Å²) in [6.45, 7) is 6.94. The lowest BCUT2D eigenvalue weighted by Crippen LogP contribution is -2.31. The second-order valence-electron chi connectivity index (χ2n) is 9.29. The molecule has 1 fully saturated rings. The Morgan fingerprint density at radius 2 is 2.00 bits per heavy atom. The van der Waals surface area contributed by atoms with Gasteiger partial charge in [-0.3, -0.25) is 9.59 Å². The number of anilines is 1. The predicted molar refractivity (Wildman–Crippen MR) is 139 cm³/mol. The van der Waals surface area contributed by atoms with Crippen LogP contribution in [0.1, 0.15) is 59.5 Å². The number of hydrogen-bond donors (Lipinski definition) is 1. The maximum absolute atomic E-state index is 14.1. The van der Waals surface area contributed by atoms with E-state index in [1.807, 2.05) is 61.4 Å². The van der Waals surface area contributed by atoms with Crippen molar-refractivity contribution in [3.05, 3.63) is 76.0 Å². The van der Waals surface area contributed by atoms with Gasteiger partial charge in [0.1, 0.15) is 10.8 Å². The van der Waals surface area contributed by atoms with E-state index in [0.717, 1.165) is 34.8 Å². The Labute approximate surface area is 208 Å². The molecule has 1 unspecified atom stereocenters. The molecule has 1 N–H and O–H groups in total. The molecule has 2 aromatic carbocycles. The average Bonchev–Trinajstić information content (AvgIpc) is 3.59. The van der Waals surface area contributed by atoms with Gasteiger partial charge in [-0.1, -0.05) is 44.2 Å². The number of nitrogens with zero attached hydrogens (tertiary/aromatic N) is 4. The summed E-state index contributed by atoms with van der Waals surface area (Å²) in [4.78, 5) is 37.8. The van der Waals surface area contributed by atoms with Gasteiger partial charge < -0.3 is 14.8 Å². The Kier molecular flexibility index (Phi) is 6.38. The Morgan fingerprint density at radius 3 is 2.71 bits per heavy atom. The molecule has 7 nitrogen and oxygen atoms in total. The summed E-state index contributed by atoms with van der Waals surface area (Å²) in [5.74, 6) is 0.505. The van der Waals surface area contributed by atoms with Gasteiger partial charge in [-0.25, -0.2) is 9.97 Å². The number of amides is 2. The van der Waals surface area contributed by atoms with Gasteiger partial charge in [-0.2, -0.15) is 0 Å². The van der Waals surface area contributed by atoms with Crippen LogP contribution in [-0.2, 0) is 11.3 Å². The van der Waals surface area contributed by atoms with Gasteiger partial charge in [0, 0.05) is 36.3 Å². The summed E-state index contributed by atoms with van der Waals surface area (Å²) in [6, 6.07) is 13.8. The summed E-state index contributed by atoms with van der Waals surface area (Å²) in [5.41, 5.74) is 3.78. The van der Waals surface area contributed by atoms with Crippen molar-refractivity contribution in [3.63, 3.8) is 0 Å². The number of aryl methyl sites for hydroxylation is 1. The van der Waals surface area contributed by atoms with Crippen LogP contribution in [0.25, 0.3) is 11.0 Å². The molecule has 2 aromatic heterocycles. The highest BCUT2D eigenvalue weighted by Crippen LogP contribution is 2.36. The summed E-state index contributed by atoms with van der Waals surface area (Å²) in [6.07, 6.45) is 3.62. The van der Waals surface area contributed by atoms with Crippen LogP contribution < -0.4 is 5.32 Å². The molecule has 3 heterocycles. The number of imidazole rings is 1. The number of rotatable bonds is 6. The van der Waals surface area contributed by atoms with Crippen LogP contribution in [0.5, 0.6) is 0 Å². The smallest absolute Gasteiger partial charge is 0.256 e. The molecule has 35 heavy (non-hydrogen) atoms. The molecule has 4 aromatic rings. The minimum atomic E-state index is -0.171. The van der Waals surface area contributed by atoms with E-state index in [0.29, 0.717) is 29.9 Å². The Morgan fingerprint density at radius 1 is 1.20 bits per heavy atom. The average molecular weight is 488 g/mol. The van der Waals surface area contributed by atoms with E-state index in [-0.39, 0.29) is 23.8 Å². The van der Waals surface area contributed by atoms with Crippen molar-refractivity contribution in [2.24, 2.45) is 5.92 Å². The molecule has 2 amide bonds. The number of nitrogens with one attached hydrogen (secondary N) is 1. The number of hydrogen-bond acceptors (Lipinski definition) is 5. The van der Waals surface area contributed by atoms with E-state index in [2.05, 4.69) is 27.0 Å². The van der Waals surface area contributed by atoms with Gasteiger partial charge in [-0.05, 0) is 37.5 Å². The van der Waals surface area contributed by atoms with Crippen LogP contribution in [0.15, 0.2) is 54.0 Å². The highest BCUT2D eigenvalue weighted by atomic mass is 32.1. The summed E-state index contributed by atoms with van der Waals surface area (Å²) < 4.78 is 2.10. The zero-order chi connectivity index (χ0) is 24.5. The first-order chi connectivity index (χ1) is 16.9. The van der Waals surface area contributed by atoms with Crippen molar-refractivity contribution in [2.45, 2.75) is 46.2 Å². The second-order valence-corrected chi connectivity index (χ2v) is 10.2. The third-order valence-electron chi connectivity index (χ3n) is 6.49. The minimum absolute atomic E-state index is 0.0296. The van der Waals surface area contributed by atoms with Crippen molar-refractivity contribution in [1.29, 1.82) is 0 Å². The molecule has 180 valence electrons. The van der Waals surface area contributed by atoms with Gasteiger partial charge in [-0.15, -0.1) is 11.3 Å². The molecule has 0 spiro atoms. The van der Waals surface area contributed by atoms with E-state index in [1.165, 1.54) is 0 Å². The van der Waals surface area contributed by atoms with Crippen molar-refractivity contribution in [3.8, 4) is 0 Å². The molecule has 0 radical (unpaired) electrons. The molecule has 5 rings (SSSR count). The van der Waals surface area contributed by atoms with E-state index < -0.39 is 0 Å². The number of fused-ring (bicyclic) bond motifs is 1. The highest BCUT2D eigenvalue weighted by Gasteiger charge is 2.34. The van der Waals surface area contributed by atoms with E-state index >= 15 is 0 Å². The van der Waals surface area contributed by atoms with Gasteiger partial charge in [0.15, 0.2) is 0 Å². The van der Waals surface area contributed by atoms with Crippen LogP contribution >= 0.6 is 11.3 Å². The fraction of sp³-hybridized carbons (Fsp3) is 0.333. The lowest BCUT2D eigenvalue weighted by Gasteiger charge is -2.24. The summed E-state index contributed by atoms with van der Waals surface area (Å²) in [7, 11) is 0. The molecular formula is C27H29N5O2S. The molecule has 1 aliphatic heterocycles. The quantitative estimate of drug-likeness (QED) is 0.394. The maximum atomic E-state index is 14.1. The lowest BCUT2D eigenvalue weighted by molar-refractivity contribution is -0.118. The second kappa shape index (κ2) is 9.62. The maximum Gasteiger partial charge on any atom is 0.256 e. The number of benzene rings is 2. The van der Waals surface area contributed by atoms with Gasteiger partial charge in [0.25, 0.3) is 5.91 Å². The van der Waals surface area contributed by atoms with Crippen molar-refractivity contribution >= 4 is 39.9 Å². The molecule has 0 saturated carbocycles. The van der Waals surface area contributed by atoms with Crippen molar-refractivity contribution < 1.29 is 9.59 Å². The van der Waals surface area contributed by atoms with Gasteiger partial charge >= 0.3 is 0 Å². The fourth-order valence-corrected chi connectivity index (χ4v) is 5.47. The molecule has 1 aliphatic rings. The van der Waals surface area contributed by atoms with Crippen LogP contribution in [-0.4, -0.2) is 37.8 Å². The largest absolute Gasteiger partial charge is 0.329 e. The lowest BCUT2D eigenvalue weighted by atomic mass is 10.1. The Bertz CT molecular complexity index is 1360. The number of aromatic nitrogens is 3. The van der Waals surface area contributed by atoms with E-state index in [9.17, 15) is 9.59 Å². The van der Waals surface area contributed by atoms with Crippen LogP contribution in [0.2, 0.25) is 0 Å². The first-order valence-corrected chi connectivity index (χ1v) is 12.9. The molecule has 0 bridgehead atoms. The molecular weight excluding hydrogens is 458 g/mol. The van der Waals surface area contributed by atoms with Gasteiger partial charge in [0.05, 0.1) is 22.6 Å². The van der Waals surface area contributed by atoms with Crippen molar-refractivity contribution in [2.75, 3.05) is 11.9 Å². The molecule has 8 heteroatoms. The highest BCUT2D eigenvalue weighted by molar-refractivity contribution is 7.09. The number of carbonyl (C=O) groups excluding carboxylic acids is 2. The normalized spacial score (nSPS) is 15.8. The summed E-state index contributed by atoms with van der Waals surface area (Å²) in [5, 5.41) is 5.88. The van der Waals surface area contributed by atoms with Crippen LogP contribution in [0, 0.1) is 12.8 Å². The van der Waals surface area contributed by atoms with Crippen LogP contribution in [0.4, 0.5) is 5.69 Å². The van der Waals surface area contributed by atoms with Crippen molar-refractivity contribution in [1.82, 2.24) is 19.4 Å². The zero-order valence-corrected chi connectivity index (χ0v) is 21.0. The monoisotopic (exact) mass is 487 g/mol.